The molecule has 3 aromatic rings. The van der Waals surface area contributed by atoms with Crippen LogP contribution in [0.2, 0.25) is 0 Å². The van der Waals surface area contributed by atoms with Gasteiger partial charge in [-0.25, -0.2) is 10.1 Å². The molecular formula is C10H8N4OS. The molecule has 1 aromatic carbocycles. The van der Waals surface area contributed by atoms with Gasteiger partial charge in [-0.1, -0.05) is 12.1 Å². The van der Waals surface area contributed by atoms with Crippen molar-refractivity contribution in [2.24, 2.45) is 0 Å². The normalized spacial score (nSPS) is 11.0. The molecule has 2 aromatic heterocycles. The van der Waals surface area contributed by atoms with Gasteiger partial charge in [0.15, 0.2) is 0 Å². The standard InChI is InChI=1S/C10H8N4OS/c16-10-13-9(14-15-10)5-8-11-6-3-1-2-4-7(6)12-8/h1-4H,5H2,(H,11,12)(H,13,14,16). The van der Waals surface area contributed by atoms with E-state index in [0.717, 1.165) is 16.9 Å². The van der Waals surface area contributed by atoms with Gasteiger partial charge in [-0.15, -0.1) is 0 Å². The lowest BCUT2D eigenvalue weighted by Crippen LogP contribution is -1.92. The van der Waals surface area contributed by atoms with E-state index in [1.807, 2.05) is 24.3 Å². The van der Waals surface area contributed by atoms with E-state index in [9.17, 15) is 0 Å². The summed E-state index contributed by atoms with van der Waals surface area (Å²) in [5.41, 5.74) is 1.96. The van der Waals surface area contributed by atoms with Crippen LogP contribution >= 0.6 is 12.2 Å². The molecule has 16 heavy (non-hydrogen) atoms. The predicted octanol–water partition coefficient (Wildman–Crippen LogP) is 2.20. The number of aromatic amines is 2. The number of H-pyrrole nitrogens is 2. The van der Waals surface area contributed by atoms with Gasteiger partial charge < -0.3 is 9.51 Å². The highest BCUT2D eigenvalue weighted by atomic mass is 32.1. The van der Waals surface area contributed by atoms with E-state index in [1.54, 1.807) is 0 Å². The predicted molar refractivity (Wildman–Crippen MR) is 60.6 cm³/mol. The Bertz CT molecular complexity index is 648. The first-order valence-corrected chi connectivity index (χ1v) is 5.20. The van der Waals surface area contributed by atoms with Gasteiger partial charge in [-0.3, -0.25) is 0 Å². The number of nitrogens with zero attached hydrogens (tertiary/aromatic N) is 2. The number of hydrogen-bond donors (Lipinski definition) is 2. The average Bonchev–Trinajstić information content (AvgIpc) is 2.84. The SMILES string of the molecule is S=c1nc(Cc2nc3ccccc3[nH]2)[nH]o1. The molecule has 0 bridgehead atoms. The van der Waals surface area contributed by atoms with E-state index in [-0.39, 0.29) is 4.84 Å². The van der Waals surface area contributed by atoms with Crippen molar-refractivity contribution < 1.29 is 4.52 Å². The maximum atomic E-state index is 4.85. The minimum Gasteiger partial charge on any atom is -0.348 e. The number of nitrogens with one attached hydrogen (secondary N) is 2. The van der Waals surface area contributed by atoms with Gasteiger partial charge in [-0.05, 0) is 24.4 Å². The molecule has 0 spiro atoms. The minimum atomic E-state index is 0.214. The van der Waals surface area contributed by atoms with E-state index in [1.165, 1.54) is 0 Å². The monoisotopic (exact) mass is 232 g/mol. The molecule has 0 radical (unpaired) electrons. The Labute approximate surface area is 95.5 Å². The van der Waals surface area contributed by atoms with Crippen molar-refractivity contribution in [3.8, 4) is 0 Å². The number of fused-ring (bicyclic) bond motifs is 1. The fourth-order valence-corrected chi connectivity index (χ4v) is 1.73. The molecule has 3 rings (SSSR count). The second-order valence-corrected chi connectivity index (χ2v) is 3.76. The third-order valence-electron chi connectivity index (χ3n) is 2.26. The summed E-state index contributed by atoms with van der Waals surface area (Å²) >= 11 is 4.77. The number of imidazole rings is 1. The van der Waals surface area contributed by atoms with Gasteiger partial charge in [0.05, 0.1) is 17.5 Å². The van der Waals surface area contributed by atoms with Crippen molar-refractivity contribution in [3.63, 3.8) is 0 Å². The van der Waals surface area contributed by atoms with E-state index < -0.39 is 0 Å². The van der Waals surface area contributed by atoms with Crippen LogP contribution in [-0.2, 0) is 6.42 Å². The van der Waals surface area contributed by atoms with Crippen molar-refractivity contribution in [1.29, 1.82) is 0 Å². The summed E-state index contributed by atoms with van der Waals surface area (Å²) in [6.45, 7) is 0. The van der Waals surface area contributed by atoms with Crippen molar-refractivity contribution in [1.82, 2.24) is 20.1 Å². The van der Waals surface area contributed by atoms with Gasteiger partial charge in [0.1, 0.15) is 11.6 Å². The zero-order valence-electron chi connectivity index (χ0n) is 8.23. The fourth-order valence-electron chi connectivity index (χ4n) is 1.58. The lowest BCUT2D eigenvalue weighted by molar-refractivity contribution is 0.399. The smallest absolute Gasteiger partial charge is 0.314 e. The summed E-state index contributed by atoms with van der Waals surface area (Å²) in [6, 6.07) is 7.86. The maximum Gasteiger partial charge on any atom is 0.314 e. The zero-order valence-corrected chi connectivity index (χ0v) is 9.04. The van der Waals surface area contributed by atoms with E-state index in [2.05, 4.69) is 20.1 Å². The zero-order chi connectivity index (χ0) is 11.0. The Morgan fingerprint density at radius 3 is 2.81 bits per heavy atom. The largest absolute Gasteiger partial charge is 0.348 e. The molecule has 0 amide bonds. The molecule has 2 N–H and O–H groups in total. The third kappa shape index (κ3) is 1.63. The lowest BCUT2D eigenvalue weighted by Gasteiger charge is -1.88. The molecule has 0 fully saturated rings. The molecule has 0 aliphatic heterocycles. The lowest BCUT2D eigenvalue weighted by atomic mass is 10.3. The van der Waals surface area contributed by atoms with E-state index >= 15 is 0 Å². The van der Waals surface area contributed by atoms with Gasteiger partial charge in [0.25, 0.3) is 0 Å². The van der Waals surface area contributed by atoms with Crippen LogP contribution in [0, 0.1) is 4.84 Å². The van der Waals surface area contributed by atoms with Crippen LogP contribution in [0.25, 0.3) is 11.0 Å². The van der Waals surface area contributed by atoms with Crippen molar-refractivity contribution in [3.05, 3.63) is 40.8 Å². The molecule has 5 nitrogen and oxygen atoms in total. The van der Waals surface area contributed by atoms with Crippen molar-refractivity contribution in [2.75, 3.05) is 0 Å². The molecule has 80 valence electrons. The summed E-state index contributed by atoms with van der Waals surface area (Å²) in [7, 11) is 0. The topological polar surface area (TPSA) is 70.5 Å². The van der Waals surface area contributed by atoms with Crippen LogP contribution in [0.5, 0.6) is 0 Å². The van der Waals surface area contributed by atoms with Crippen LogP contribution in [-0.4, -0.2) is 20.1 Å². The van der Waals surface area contributed by atoms with Gasteiger partial charge in [0.2, 0.25) is 0 Å². The maximum absolute atomic E-state index is 4.85. The Balaban J connectivity index is 1.97. The molecule has 0 saturated carbocycles. The summed E-state index contributed by atoms with van der Waals surface area (Å²) in [5.74, 6) is 1.50. The Kier molecular flexibility index (Phi) is 2.07. The quantitative estimate of drug-likeness (QED) is 0.664. The molecule has 0 aliphatic rings. The first-order chi connectivity index (χ1) is 7.81. The summed E-state index contributed by atoms with van der Waals surface area (Å²) in [5, 5.41) is 2.65. The van der Waals surface area contributed by atoms with Crippen LogP contribution in [0.1, 0.15) is 11.6 Å². The average molecular weight is 232 g/mol. The van der Waals surface area contributed by atoms with Gasteiger partial charge in [-0.2, -0.15) is 4.98 Å². The van der Waals surface area contributed by atoms with Crippen molar-refractivity contribution >= 4 is 23.3 Å². The minimum absolute atomic E-state index is 0.214. The van der Waals surface area contributed by atoms with Crippen molar-refractivity contribution in [2.45, 2.75) is 6.42 Å². The molecule has 0 unspecified atom stereocenters. The molecule has 0 saturated heterocycles. The Hall–Kier alpha value is -1.95. The van der Waals surface area contributed by atoms with Crippen LogP contribution < -0.4 is 0 Å². The Morgan fingerprint density at radius 1 is 1.19 bits per heavy atom. The van der Waals surface area contributed by atoms with Crippen LogP contribution in [0.15, 0.2) is 28.8 Å². The number of aromatic nitrogens is 4. The Morgan fingerprint density at radius 2 is 2.06 bits per heavy atom. The highest BCUT2D eigenvalue weighted by Gasteiger charge is 2.05. The fraction of sp³-hybridized carbons (Fsp3) is 0.100. The first-order valence-electron chi connectivity index (χ1n) is 4.79. The summed E-state index contributed by atoms with van der Waals surface area (Å²) in [4.78, 5) is 11.9. The number of para-hydroxylation sites is 2. The first kappa shape index (κ1) is 9.29. The molecule has 6 heteroatoms. The van der Waals surface area contributed by atoms with Gasteiger partial charge >= 0.3 is 4.84 Å². The highest BCUT2D eigenvalue weighted by molar-refractivity contribution is 7.71. The second kappa shape index (κ2) is 3.57. The summed E-state index contributed by atoms with van der Waals surface area (Å²) in [6.07, 6.45) is 0.550. The number of benzene rings is 1. The number of hydrogen-bond acceptors (Lipinski definition) is 4. The van der Waals surface area contributed by atoms with E-state index in [4.69, 9.17) is 16.7 Å². The molecule has 0 atom stereocenters. The van der Waals surface area contributed by atoms with Crippen LogP contribution in [0.3, 0.4) is 0 Å². The molecular weight excluding hydrogens is 224 g/mol. The van der Waals surface area contributed by atoms with E-state index in [0.29, 0.717) is 12.2 Å². The molecule has 2 heterocycles. The van der Waals surface area contributed by atoms with Crippen LogP contribution in [0.4, 0.5) is 0 Å². The summed E-state index contributed by atoms with van der Waals surface area (Å²) < 4.78 is 4.85. The second-order valence-electron chi connectivity index (χ2n) is 3.41. The number of rotatable bonds is 2. The molecule has 0 aliphatic carbocycles. The van der Waals surface area contributed by atoms with Gasteiger partial charge in [0, 0.05) is 0 Å². The highest BCUT2D eigenvalue weighted by Crippen LogP contribution is 2.11. The third-order valence-corrected chi connectivity index (χ3v) is 2.43.